The van der Waals surface area contributed by atoms with E-state index in [1.54, 1.807) is 0 Å². The summed E-state index contributed by atoms with van der Waals surface area (Å²) >= 11 is 0. The Hall–Kier alpha value is -1.17. The zero-order chi connectivity index (χ0) is 31.1. The van der Waals surface area contributed by atoms with Crippen molar-refractivity contribution in [2.24, 2.45) is 22.9 Å². The van der Waals surface area contributed by atoms with Gasteiger partial charge in [0.15, 0.2) is 12.6 Å². The first-order valence-electron chi connectivity index (χ1n) is 14.1. The Kier molecular flexibility index (Phi) is 13.6. The van der Waals surface area contributed by atoms with Crippen LogP contribution < -0.4 is 33.6 Å². The van der Waals surface area contributed by atoms with Crippen LogP contribution in [-0.2, 0) is 23.7 Å². The molecule has 0 aromatic carbocycles. The number of carbonyl (C=O) groups is 1. The molecule has 15 atom stereocenters. The highest BCUT2D eigenvalue weighted by Gasteiger charge is 2.51. The van der Waals surface area contributed by atoms with Gasteiger partial charge in [-0.15, -0.1) is 0 Å². The van der Waals surface area contributed by atoms with E-state index >= 15 is 0 Å². The Morgan fingerprint density at radius 2 is 1.62 bits per heavy atom. The minimum Gasteiger partial charge on any atom is -0.394 e. The van der Waals surface area contributed by atoms with Gasteiger partial charge in [0.2, 0.25) is 5.91 Å². The summed E-state index contributed by atoms with van der Waals surface area (Å²) in [4.78, 5) is 12.5. The first-order valence-corrected chi connectivity index (χ1v) is 14.1. The average molecular weight is 613 g/mol. The standard InChI is InChI=1S/C24H48N6O12/c25-4-14(34)22(38)30-13-3-12(27)20(41-23-11(26)2-1-10(39-23)6-29-5-9(33)7-31)19(37)21(13)42-24-18(36)16(28)17(35)15(8-32)40-24/h9-21,23-24,29,31-37H,1-8,25-28H2,(H,30,38)/t9?,10-,11+,12-,13+,14-,15+,16-,17+,18+,19-,20?,21-,23+,24+/m0/s1. The van der Waals surface area contributed by atoms with Crippen LogP contribution in [-0.4, -0.2) is 166 Å². The molecule has 1 amide bonds. The summed E-state index contributed by atoms with van der Waals surface area (Å²) in [7, 11) is 0. The topological polar surface area (TPSA) is 324 Å². The highest BCUT2D eigenvalue weighted by Crippen LogP contribution is 2.31. The van der Waals surface area contributed by atoms with Crippen LogP contribution in [0.1, 0.15) is 19.3 Å². The van der Waals surface area contributed by atoms with E-state index in [0.717, 1.165) is 0 Å². The van der Waals surface area contributed by atoms with Gasteiger partial charge in [0, 0.05) is 25.7 Å². The fraction of sp³-hybridized carbons (Fsp3) is 0.958. The van der Waals surface area contributed by atoms with E-state index in [9.17, 15) is 35.4 Å². The van der Waals surface area contributed by atoms with Gasteiger partial charge in [0.25, 0.3) is 0 Å². The molecule has 2 heterocycles. The van der Waals surface area contributed by atoms with Crippen molar-refractivity contribution in [3.8, 4) is 0 Å². The van der Waals surface area contributed by atoms with Gasteiger partial charge in [0.1, 0.15) is 42.7 Å². The maximum absolute atomic E-state index is 12.5. The molecule has 42 heavy (non-hydrogen) atoms. The lowest BCUT2D eigenvalue weighted by Gasteiger charge is -2.48. The first-order chi connectivity index (χ1) is 19.9. The van der Waals surface area contributed by atoms with Crippen LogP contribution in [0.3, 0.4) is 0 Å². The zero-order valence-corrected chi connectivity index (χ0v) is 23.3. The fourth-order valence-electron chi connectivity index (χ4n) is 5.29. The Labute approximate surface area is 243 Å². The number of aliphatic hydroxyl groups excluding tert-OH is 7. The van der Waals surface area contributed by atoms with Gasteiger partial charge >= 0.3 is 0 Å². The van der Waals surface area contributed by atoms with E-state index in [1.807, 2.05) is 0 Å². The Balaban J connectivity index is 1.76. The van der Waals surface area contributed by atoms with E-state index in [2.05, 4.69) is 10.6 Å². The van der Waals surface area contributed by atoms with Gasteiger partial charge in [0.05, 0.1) is 43.5 Å². The second-order valence-corrected chi connectivity index (χ2v) is 11.1. The summed E-state index contributed by atoms with van der Waals surface area (Å²) in [5, 5.41) is 75.8. The predicted octanol–water partition coefficient (Wildman–Crippen LogP) is -7.81. The third-order valence-corrected chi connectivity index (χ3v) is 7.85. The normalized spacial score (nSPS) is 42.6. The molecule has 18 heteroatoms. The summed E-state index contributed by atoms with van der Waals surface area (Å²) in [5.41, 5.74) is 23.9. The van der Waals surface area contributed by atoms with Gasteiger partial charge in [-0.05, 0) is 19.3 Å². The molecule has 0 radical (unpaired) electrons. The fourth-order valence-corrected chi connectivity index (χ4v) is 5.29. The number of carbonyl (C=O) groups excluding carboxylic acids is 1. The summed E-state index contributed by atoms with van der Waals surface area (Å²) < 4.78 is 23.5. The SMILES string of the molecule is NC[C@H](O)C(=O)N[C@@H]1C[C@H](N)C(O[C@H]2O[C@H](CNCC(O)CO)CC[C@H]2N)[C@H](O)[C@H]1O[C@H]1O[C@H](CO)[C@@H](O)[C@H](N)[C@H]1O. The van der Waals surface area contributed by atoms with E-state index < -0.39 is 105 Å². The molecule has 1 aliphatic carbocycles. The van der Waals surface area contributed by atoms with Crippen molar-refractivity contribution in [2.75, 3.05) is 32.8 Å². The maximum Gasteiger partial charge on any atom is 0.250 e. The van der Waals surface area contributed by atoms with Crippen molar-refractivity contribution < 1.29 is 59.5 Å². The number of amides is 1. The number of ether oxygens (including phenoxy) is 4. The third kappa shape index (κ3) is 8.72. The Morgan fingerprint density at radius 1 is 0.929 bits per heavy atom. The lowest BCUT2D eigenvalue weighted by Crippen LogP contribution is -2.69. The molecule has 18 nitrogen and oxygen atoms in total. The molecule has 0 spiro atoms. The van der Waals surface area contributed by atoms with Crippen LogP contribution in [0.15, 0.2) is 0 Å². The molecule has 3 rings (SSSR count). The van der Waals surface area contributed by atoms with E-state index in [1.165, 1.54) is 0 Å². The molecule has 2 saturated heterocycles. The van der Waals surface area contributed by atoms with Crippen molar-refractivity contribution in [1.29, 1.82) is 0 Å². The lowest BCUT2D eigenvalue weighted by atomic mass is 9.83. The van der Waals surface area contributed by atoms with Crippen LogP contribution in [0.25, 0.3) is 0 Å². The smallest absolute Gasteiger partial charge is 0.250 e. The minimum atomic E-state index is -1.58. The van der Waals surface area contributed by atoms with E-state index in [-0.39, 0.29) is 25.6 Å². The quantitative estimate of drug-likeness (QED) is 0.0918. The molecule has 3 fully saturated rings. The van der Waals surface area contributed by atoms with E-state index in [0.29, 0.717) is 19.4 Å². The number of aliphatic hydroxyl groups is 7. The predicted molar refractivity (Wildman–Crippen MR) is 143 cm³/mol. The number of nitrogens with one attached hydrogen (secondary N) is 2. The van der Waals surface area contributed by atoms with Crippen LogP contribution in [0.5, 0.6) is 0 Å². The molecular weight excluding hydrogens is 564 g/mol. The van der Waals surface area contributed by atoms with Gasteiger partial charge in [-0.2, -0.15) is 0 Å². The maximum atomic E-state index is 12.5. The highest BCUT2D eigenvalue weighted by atomic mass is 16.7. The number of nitrogens with two attached hydrogens (primary N) is 4. The van der Waals surface area contributed by atoms with Crippen molar-refractivity contribution in [1.82, 2.24) is 10.6 Å². The number of hydrogen-bond donors (Lipinski definition) is 13. The molecule has 3 aliphatic rings. The van der Waals surface area contributed by atoms with Crippen LogP contribution >= 0.6 is 0 Å². The lowest BCUT2D eigenvalue weighted by molar-refractivity contribution is -0.314. The monoisotopic (exact) mass is 612 g/mol. The van der Waals surface area contributed by atoms with Gasteiger partial charge in [-0.1, -0.05) is 0 Å². The highest BCUT2D eigenvalue weighted by molar-refractivity contribution is 5.81. The van der Waals surface area contributed by atoms with Gasteiger partial charge < -0.3 is 88.3 Å². The van der Waals surface area contributed by atoms with Crippen LogP contribution in [0, 0.1) is 0 Å². The number of rotatable bonds is 13. The molecule has 0 aromatic heterocycles. The Morgan fingerprint density at radius 3 is 2.26 bits per heavy atom. The van der Waals surface area contributed by atoms with Gasteiger partial charge in [-0.25, -0.2) is 0 Å². The largest absolute Gasteiger partial charge is 0.394 e. The molecule has 17 N–H and O–H groups in total. The summed E-state index contributed by atoms with van der Waals surface area (Å²) in [5.74, 6) is -0.848. The first kappa shape index (κ1) is 35.3. The molecule has 0 bridgehead atoms. The van der Waals surface area contributed by atoms with E-state index in [4.69, 9.17) is 47.0 Å². The van der Waals surface area contributed by atoms with Crippen molar-refractivity contribution >= 4 is 5.91 Å². The number of hydrogen-bond acceptors (Lipinski definition) is 17. The summed E-state index contributed by atoms with van der Waals surface area (Å²) in [6.07, 6.45) is -12.5. The molecule has 0 aromatic rings. The van der Waals surface area contributed by atoms with Crippen molar-refractivity contribution in [2.45, 2.75) is 111 Å². The van der Waals surface area contributed by atoms with Gasteiger partial charge in [-0.3, -0.25) is 4.79 Å². The molecule has 2 aliphatic heterocycles. The van der Waals surface area contributed by atoms with Crippen LogP contribution in [0.2, 0.25) is 0 Å². The third-order valence-electron chi connectivity index (χ3n) is 7.85. The zero-order valence-electron chi connectivity index (χ0n) is 23.3. The van der Waals surface area contributed by atoms with Crippen LogP contribution in [0.4, 0.5) is 0 Å². The molecule has 1 saturated carbocycles. The molecule has 2 unspecified atom stereocenters. The average Bonchev–Trinajstić information content (AvgIpc) is 2.97. The van der Waals surface area contributed by atoms with Crippen molar-refractivity contribution in [3.63, 3.8) is 0 Å². The Bertz CT molecular complexity index is 835. The summed E-state index contributed by atoms with van der Waals surface area (Å²) in [6.45, 7) is -0.913. The second-order valence-electron chi connectivity index (χ2n) is 11.1. The van der Waals surface area contributed by atoms with Crippen molar-refractivity contribution in [3.05, 3.63) is 0 Å². The second kappa shape index (κ2) is 16.2. The molecule has 246 valence electrons. The molecular formula is C24H48N6O12. The summed E-state index contributed by atoms with van der Waals surface area (Å²) in [6, 6.07) is -3.75. The minimum absolute atomic E-state index is 0.0255.